The van der Waals surface area contributed by atoms with Gasteiger partial charge in [-0.1, -0.05) is 42.5 Å². The number of benzene rings is 2. The Morgan fingerprint density at radius 1 is 0.971 bits per heavy atom. The number of nitrogens with one attached hydrogen (secondary N) is 1. The number of nitrogens with zero attached hydrogens (tertiary/aromatic N) is 3. The number of amides is 2. The number of carbonyl (C=O) groups excluding carboxylic acids is 2. The third kappa shape index (κ3) is 5.42. The molecule has 0 unspecified atom stereocenters. The molecule has 4 rings (SSSR count). The minimum atomic E-state index is -3.88. The van der Waals surface area contributed by atoms with Crippen LogP contribution in [-0.4, -0.2) is 61.7 Å². The van der Waals surface area contributed by atoms with Gasteiger partial charge in [0, 0.05) is 32.6 Å². The third-order valence-corrected chi connectivity index (χ3v) is 7.76. The molecule has 0 bridgehead atoms. The first kappa shape index (κ1) is 24.2. The Bertz CT molecular complexity index is 1330. The summed E-state index contributed by atoms with van der Waals surface area (Å²) in [7, 11) is -3.88. The van der Waals surface area contributed by atoms with Crippen LogP contribution in [0.3, 0.4) is 0 Å². The summed E-state index contributed by atoms with van der Waals surface area (Å²) < 4.78 is 32.6. The first-order valence-electron chi connectivity index (χ1n) is 11.1. The number of sulfonamides is 1. The number of piperazine rings is 1. The molecule has 1 saturated heterocycles. The van der Waals surface area contributed by atoms with Crippen LogP contribution in [0.4, 0.5) is 0 Å². The zero-order valence-electron chi connectivity index (χ0n) is 18.8. The molecule has 2 aromatic carbocycles. The molecule has 2 heterocycles. The molecule has 35 heavy (non-hydrogen) atoms. The molecule has 180 valence electrons. The SMILES string of the molecule is N#Cc1ccccc1S(=O)(=O)N1CCN(C(=O)[C@H](Cc2ccccc2)NC(=O)c2ccco2)CC1. The van der Waals surface area contributed by atoms with Crippen molar-refractivity contribution < 1.29 is 22.4 Å². The van der Waals surface area contributed by atoms with Crippen molar-refractivity contribution in [2.75, 3.05) is 26.2 Å². The van der Waals surface area contributed by atoms with Crippen molar-refractivity contribution in [1.82, 2.24) is 14.5 Å². The van der Waals surface area contributed by atoms with Gasteiger partial charge in [-0.25, -0.2) is 8.42 Å². The Hall–Kier alpha value is -3.94. The van der Waals surface area contributed by atoms with E-state index in [1.54, 1.807) is 23.1 Å². The van der Waals surface area contributed by atoms with Crippen LogP contribution in [0.2, 0.25) is 0 Å². The van der Waals surface area contributed by atoms with E-state index >= 15 is 0 Å². The third-order valence-electron chi connectivity index (χ3n) is 5.81. The van der Waals surface area contributed by atoms with Crippen LogP contribution >= 0.6 is 0 Å². The molecule has 10 heteroatoms. The van der Waals surface area contributed by atoms with Crippen molar-refractivity contribution in [3.63, 3.8) is 0 Å². The monoisotopic (exact) mass is 492 g/mol. The Kier molecular flexibility index (Phi) is 7.29. The Balaban J connectivity index is 1.47. The molecule has 2 amide bonds. The lowest BCUT2D eigenvalue weighted by molar-refractivity contribution is -0.134. The Labute approximate surface area is 203 Å². The summed E-state index contributed by atoms with van der Waals surface area (Å²) in [4.78, 5) is 27.5. The van der Waals surface area contributed by atoms with E-state index in [9.17, 15) is 23.3 Å². The number of furan rings is 1. The van der Waals surface area contributed by atoms with Gasteiger partial charge in [0.05, 0.1) is 16.7 Å². The molecule has 0 spiro atoms. The second kappa shape index (κ2) is 10.5. The van der Waals surface area contributed by atoms with E-state index in [1.807, 2.05) is 36.4 Å². The van der Waals surface area contributed by atoms with Crippen molar-refractivity contribution in [2.24, 2.45) is 0 Å². The van der Waals surface area contributed by atoms with Crippen molar-refractivity contribution in [3.8, 4) is 6.07 Å². The lowest BCUT2D eigenvalue weighted by atomic mass is 10.0. The highest BCUT2D eigenvalue weighted by molar-refractivity contribution is 7.89. The zero-order chi connectivity index (χ0) is 24.8. The van der Waals surface area contributed by atoms with Gasteiger partial charge in [-0.3, -0.25) is 9.59 Å². The van der Waals surface area contributed by atoms with Crippen LogP contribution in [0.25, 0.3) is 0 Å². The average Bonchev–Trinajstić information content (AvgIpc) is 3.44. The van der Waals surface area contributed by atoms with Gasteiger partial charge in [0.25, 0.3) is 5.91 Å². The molecular weight excluding hydrogens is 468 g/mol. The van der Waals surface area contributed by atoms with Crippen molar-refractivity contribution in [2.45, 2.75) is 17.4 Å². The number of carbonyl (C=O) groups is 2. The fraction of sp³-hybridized carbons (Fsp3) is 0.240. The number of hydrogen-bond acceptors (Lipinski definition) is 6. The first-order chi connectivity index (χ1) is 16.9. The highest BCUT2D eigenvalue weighted by atomic mass is 32.2. The zero-order valence-corrected chi connectivity index (χ0v) is 19.6. The summed E-state index contributed by atoms with van der Waals surface area (Å²) in [6.45, 7) is 0.486. The van der Waals surface area contributed by atoms with E-state index in [4.69, 9.17) is 4.42 Å². The van der Waals surface area contributed by atoms with Gasteiger partial charge < -0.3 is 14.6 Å². The largest absolute Gasteiger partial charge is 0.459 e. The van der Waals surface area contributed by atoms with E-state index in [0.717, 1.165) is 5.56 Å². The average molecular weight is 493 g/mol. The van der Waals surface area contributed by atoms with Crippen LogP contribution in [0.5, 0.6) is 0 Å². The normalized spacial score (nSPS) is 15.2. The fourth-order valence-corrected chi connectivity index (χ4v) is 5.54. The van der Waals surface area contributed by atoms with Crippen LogP contribution in [0, 0.1) is 11.3 Å². The van der Waals surface area contributed by atoms with E-state index in [-0.39, 0.29) is 54.7 Å². The van der Waals surface area contributed by atoms with Gasteiger partial charge in [0.15, 0.2) is 5.76 Å². The van der Waals surface area contributed by atoms with Crippen molar-refractivity contribution in [3.05, 3.63) is 89.9 Å². The standard InChI is InChI=1S/C25H24N4O5S/c26-18-20-9-4-5-11-23(20)35(32,33)29-14-12-28(13-15-29)25(31)21(17-19-7-2-1-3-8-19)27-24(30)22-10-6-16-34-22/h1-11,16,21H,12-15,17H2,(H,27,30)/t21-/m0/s1. The van der Waals surface area contributed by atoms with Gasteiger partial charge in [0.1, 0.15) is 12.1 Å². The molecule has 1 aliphatic rings. The highest BCUT2D eigenvalue weighted by Crippen LogP contribution is 2.21. The van der Waals surface area contributed by atoms with Crippen molar-refractivity contribution in [1.29, 1.82) is 5.26 Å². The Morgan fingerprint density at radius 2 is 1.66 bits per heavy atom. The molecule has 1 fully saturated rings. The van der Waals surface area contributed by atoms with E-state index in [2.05, 4.69) is 5.32 Å². The summed E-state index contributed by atoms with van der Waals surface area (Å²) in [6.07, 6.45) is 1.66. The maximum absolute atomic E-state index is 13.4. The van der Waals surface area contributed by atoms with Gasteiger partial charge in [-0.2, -0.15) is 9.57 Å². The second-order valence-electron chi connectivity index (χ2n) is 8.03. The quantitative estimate of drug-likeness (QED) is 0.538. The maximum atomic E-state index is 13.4. The van der Waals surface area contributed by atoms with Gasteiger partial charge in [-0.15, -0.1) is 0 Å². The molecule has 1 N–H and O–H groups in total. The fourth-order valence-electron chi connectivity index (χ4n) is 3.98. The molecule has 9 nitrogen and oxygen atoms in total. The highest BCUT2D eigenvalue weighted by Gasteiger charge is 2.34. The Morgan fingerprint density at radius 3 is 2.31 bits per heavy atom. The van der Waals surface area contributed by atoms with E-state index in [0.29, 0.717) is 0 Å². The number of rotatable bonds is 7. The molecule has 1 atom stereocenters. The molecule has 0 saturated carbocycles. The first-order valence-corrected chi connectivity index (χ1v) is 12.5. The van der Waals surface area contributed by atoms with Gasteiger partial charge in [0.2, 0.25) is 15.9 Å². The van der Waals surface area contributed by atoms with Crippen LogP contribution in [-0.2, 0) is 21.2 Å². The molecule has 0 aliphatic carbocycles. The smallest absolute Gasteiger partial charge is 0.287 e. The molecular formula is C25H24N4O5S. The minimum Gasteiger partial charge on any atom is -0.459 e. The van der Waals surface area contributed by atoms with Crippen molar-refractivity contribution >= 4 is 21.8 Å². The lowest BCUT2D eigenvalue weighted by Gasteiger charge is -2.36. The van der Waals surface area contributed by atoms with Crippen LogP contribution in [0.15, 0.2) is 82.3 Å². The predicted octanol–water partition coefficient (Wildman–Crippen LogP) is 2.03. The van der Waals surface area contributed by atoms with Crippen LogP contribution in [0.1, 0.15) is 21.7 Å². The van der Waals surface area contributed by atoms with E-state index in [1.165, 1.54) is 28.8 Å². The summed E-state index contributed by atoms with van der Waals surface area (Å²) in [6, 6.07) is 19.5. The number of nitriles is 1. The predicted molar refractivity (Wildman–Crippen MR) is 127 cm³/mol. The van der Waals surface area contributed by atoms with Gasteiger partial charge >= 0.3 is 0 Å². The summed E-state index contributed by atoms with van der Waals surface area (Å²) >= 11 is 0. The van der Waals surface area contributed by atoms with Crippen LogP contribution < -0.4 is 5.32 Å². The number of hydrogen-bond donors (Lipinski definition) is 1. The molecule has 3 aromatic rings. The lowest BCUT2D eigenvalue weighted by Crippen LogP contribution is -2.56. The summed E-state index contributed by atoms with van der Waals surface area (Å²) in [5.74, 6) is -0.704. The van der Waals surface area contributed by atoms with Gasteiger partial charge in [-0.05, 0) is 29.8 Å². The topological polar surface area (TPSA) is 124 Å². The summed E-state index contributed by atoms with van der Waals surface area (Å²) in [5.41, 5.74) is 0.953. The summed E-state index contributed by atoms with van der Waals surface area (Å²) in [5, 5.41) is 12.0. The molecule has 1 aliphatic heterocycles. The maximum Gasteiger partial charge on any atom is 0.287 e. The molecule has 0 radical (unpaired) electrons. The second-order valence-corrected chi connectivity index (χ2v) is 9.94. The van der Waals surface area contributed by atoms with E-state index < -0.39 is 22.0 Å². The minimum absolute atomic E-state index is 0.0464. The molecule has 1 aromatic heterocycles.